The second-order valence-electron chi connectivity index (χ2n) is 5.91. The first-order chi connectivity index (χ1) is 12.2. The number of hydrogen-bond donors (Lipinski definition) is 1. The Morgan fingerprint density at radius 2 is 1.65 bits per heavy atom. The van der Waals surface area contributed by atoms with Crippen LogP contribution in [0.3, 0.4) is 0 Å². The van der Waals surface area contributed by atoms with Crippen LogP contribution in [0.1, 0.15) is 41.3 Å². The molecule has 0 spiro atoms. The molecule has 0 aliphatic heterocycles. The number of halogens is 3. The molecular weight excluding hydrogens is 347 g/mol. The standard InChI is InChI=1S/C19H18F3NO3/c1-12(2)13-7-4-6-10-16(13)23-17(24)11-26-18(25)14-8-3-5-9-15(14)19(20,21)22/h3-10,12H,11H2,1-2H3,(H,23,24). The van der Waals surface area contributed by atoms with Crippen molar-refractivity contribution in [1.82, 2.24) is 0 Å². The highest BCUT2D eigenvalue weighted by Crippen LogP contribution is 2.32. The van der Waals surface area contributed by atoms with Crippen molar-refractivity contribution >= 4 is 17.6 Å². The van der Waals surface area contributed by atoms with Crippen molar-refractivity contribution < 1.29 is 27.5 Å². The van der Waals surface area contributed by atoms with Crippen molar-refractivity contribution in [2.45, 2.75) is 25.9 Å². The molecule has 0 aliphatic carbocycles. The molecule has 0 heterocycles. The SMILES string of the molecule is CC(C)c1ccccc1NC(=O)COC(=O)c1ccccc1C(F)(F)F. The maximum absolute atomic E-state index is 12.9. The van der Waals surface area contributed by atoms with Crippen LogP contribution >= 0.6 is 0 Å². The number of ether oxygens (including phenoxy) is 1. The number of rotatable bonds is 5. The molecule has 0 aromatic heterocycles. The molecule has 0 saturated carbocycles. The second kappa shape index (κ2) is 8.03. The lowest BCUT2D eigenvalue weighted by Gasteiger charge is -2.14. The zero-order valence-corrected chi connectivity index (χ0v) is 14.3. The zero-order valence-electron chi connectivity index (χ0n) is 14.3. The minimum atomic E-state index is -4.69. The average molecular weight is 365 g/mol. The van der Waals surface area contributed by atoms with Gasteiger partial charge in [-0.25, -0.2) is 4.79 Å². The van der Waals surface area contributed by atoms with Crippen LogP contribution in [0, 0.1) is 0 Å². The number of nitrogens with one attached hydrogen (secondary N) is 1. The van der Waals surface area contributed by atoms with Crippen LogP contribution < -0.4 is 5.32 Å². The van der Waals surface area contributed by atoms with E-state index in [1.807, 2.05) is 26.0 Å². The van der Waals surface area contributed by atoms with Gasteiger partial charge in [-0.3, -0.25) is 4.79 Å². The van der Waals surface area contributed by atoms with Gasteiger partial charge in [0.15, 0.2) is 6.61 Å². The quantitative estimate of drug-likeness (QED) is 0.787. The normalized spacial score (nSPS) is 11.3. The van der Waals surface area contributed by atoms with E-state index in [-0.39, 0.29) is 5.92 Å². The van der Waals surface area contributed by atoms with Crippen molar-refractivity contribution in [3.05, 3.63) is 65.2 Å². The van der Waals surface area contributed by atoms with E-state index >= 15 is 0 Å². The fourth-order valence-electron chi connectivity index (χ4n) is 2.42. The highest BCUT2D eigenvalue weighted by Gasteiger charge is 2.35. The molecule has 7 heteroatoms. The van der Waals surface area contributed by atoms with E-state index in [2.05, 4.69) is 5.32 Å². The third-order valence-corrected chi connectivity index (χ3v) is 3.64. The smallest absolute Gasteiger partial charge is 0.417 e. The van der Waals surface area contributed by atoms with E-state index < -0.39 is 35.8 Å². The van der Waals surface area contributed by atoms with Gasteiger partial charge in [-0.2, -0.15) is 13.2 Å². The predicted octanol–water partition coefficient (Wildman–Crippen LogP) is 4.62. The Kier molecular flexibility index (Phi) is 6.02. The Balaban J connectivity index is 2.04. The van der Waals surface area contributed by atoms with Gasteiger partial charge in [0.1, 0.15) is 0 Å². The molecule has 2 rings (SSSR count). The van der Waals surface area contributed by atoms with Crippen molar-refractivity contribution in [3.8, 4) is 0 Å². The van der Waals surface area contributed by atoms with Crippen molar-refractivity contribution in [3.63, 3.8) is 0 Å². The van der Waals surface area contributed by atoms with Gasteiger partial charge in [-0.15, -0.1) is 0 Å². The van der Waals surface area contributed by atoms with Gasteiger partial charge in [0, 0.05) is 5.69 Å². The number of amides is 1. The molecule has 0 fully saturated rings. The zero-order chi connectivity index (χ0) is 19.3. The number of carbonyl (C=O) groups is 2. The van der Waals surface area contributed by atoms with Gasteiger partial charge in [0.2, 0.25) is 0 Å². The molecule has 2 aromatic carbocycles. The summed E-state index contributed by atoms with van der Waals surface area (Å²) in [5.41, 5.74) is -0.264. The van der Waals surface area contributed by atoms with Crippen LogP contribution in [0.15, 0.2) is 48.5 Å². The number of carbonyl (C=O) groups excluding carboxylic acids is 2. The molecule has 0 unspecified atom stereocenters. The highest BCUT2D eigenvalue weighted by atomic mass is 19.4. The molecule has 26 heavy (non-hydrogen) atoms. The average Bonchev–Trinajstić information content (AvgIpc) is 2.59. The summed E-state index contributed by atoms with van der Waals surface area (Å²) in [7, 11) is 0. The summed E-state index contributed by atoms with van der Waals surface area (Å²) >= 11 is 0. The van der Waals surface area contributed by atoms with Gasteiger partial charge in [0.05, 0.1) is 11.1 Å². The molecule has 0 atom stereocenters. The third kappa shape index (κ3) is 4.84. The van der Waals surface area contributed by atoms with Crippen molar-refractivity contribution in [2.75, 3.05) is 11.9 Å². The van der Waals surface area contributed by atoms with E-state index in [9.17, 15) is 22.8 Å². The van der Waals surface area contributed by atoms with E-state index in [0.717, 1.165) is 17.7 Å². The Hall–Kier alpha value is -2.83. The minimum Gasteiger partial charge on any atom is -0.452 e. The van der Waals surface area contributed by atoms with Gasteiger partial charge >= 0.3 is 12.1 Å². The van der Waals surface area contributed by atoms with E-state index in [1.165, 1.54) is 12.1 Å². The molecule has 4 nitrogen and oxygen atoms in total. The summed E-state index contributed by atoms with van der Waals surface area (Å²) in [5, 5.41) is 2.61. The first-order valence-electron chi connectivity index (χ1n) is 7.92. The summed E-state index contributed by atoms with van der Waals surface area (Å²) < 4.78 is 43.5. The molecular formula is C19H18F3NO3. The topological polar surface area (TPSA) is 55.4 Å². The van der Waals surface area contributed by atoms with Gasteiger partial charge in [-0.05, 0) is 29.7 Å². The fourth-order valence-corrected chi connectivity index (χ4v) is 2.42. The largest absolute Gasteiger partial charge is 0.452 e. The molecule has 0 saturated heterocycles. The number of hydrogen-bond acceptors (Lipinski definition) is 3. The van der Waals surface area contributed by atoms with Gasteiger partial charge < -0.3 is 10.1 Å². The fraction of sp³-hybridized carbons (Fsp3) is 0.263. The summed E-state index contributed by atoms with van der Waals surface area (Å²) in [6, 6.07) is 11.4. The molecule has 1 N–H and O–H groups in total. The Morgan fingerprint density at radius 1 is 1.04 bits per heavy atom. The maximum Gasteiger partial charge on any atom is 0.417 e. The Bertz CT molecular complexity index is 801. The van der Waals surface area contributed by atoms with E-state index in [1.54, 1.807) is 12.1 Å². The summed E-state index contributed by atoms with van der Waals surface area (Å²) in [6.45, 7) is 3.23. The van der Waals surface area contributed by atoms with Gasteiger partial charge in [-0.1, -0.05) is 44.2 Å². The van der Waals surface area contributed by atoms with Crippen LogP contribution in [0.25, 0.3) is 0 Å². The highest BCUT2D eigenvalue weighted by molar-refractivity contribution is 5.96. The molecule has 2 aromatic rings. The summed E-state index contributed by atoms with van der Waals surface area (Å²) in [5.74, 6) is -1.67. The molecule has 0 radical (unpaired) electrons. The maximum atomic E-state index is 12.9. The first-order valence-corrected chi connectivity index (χ1v) is 7.92. The second-order valence-corrected chi connectivity index (χ2v) is 5.91. The molecule has 0 aliphatic rings. The number of anilines is 1. The van der Waals surface area contributed by atoms with Crippen LogP contribution in [0.2, 0.25) is 0 Å². The Labute approximate surface area is 149 Å². The Morgan fingerprint density at radius 3 is 2.31 bits per heavy atom. The molecule has 1 amide bonds. The lowest BCUT2D eigenvalue weighted by molar-refractivity contribution is -0.138. The number of benzene rings is 2. The third-order valence-electron chi connectivity index (χ3n) is 3.64. The van der Waals surface area contributed by atoms with Crippen LogP contribution in [-0.4, -0.2) is 18.5 Å². The minimum absolute atomic E-state index is 0.160. The van der Waals surface area contributed by atoms with Crippen molar-refractivity contribution in [2.24, 2.45) is 0 Å². The monoisotopic (exact) mass is 365 g/mol. The lowest BCUT2D eigenvalue weighted by Crippen LogP contribution is -2.23. The summed E-state index contributed by atoms with van der Waals surface area (Å²) in [4.78, 5) is 23.9. The van der Waals surface area contributed by atoms with Crippen molar-refractivity contribution in [1.29, 1.82) is 0 Å². The molecule has 138 valence electrons. The van der Waals surface area contributed by atoms with Crippen LogP contribution in [-0.2, 0) is 15.7 Å². The number of alkyl halides is 3. The predicted molar refractivity (Wildman–Crippen MR) is 90.9 cm³/mol. The van der Waals surface area contributed by atoms with Crippen LogP contribution in [0.5, 0.6) is 0 Å². The van der Waals surface area contributed by atoms with Crippen LogP contribution in [0.4, 0.5) is 18.9 Å². The number of para-hydroxylation sites is 1. The summed E-state index contributed by atoms with van der Waals surface area (Å²) in [6.07, 6.45) is -4.69. The lowest BCUT2D eigenvalue weighted by atomic mass is 10.0. The first kappa shape index (κ1) is 19.5. The van der Waals surface area contributed by atoms with Gasteiger partial charge in [0.25, 0.3) is 5.91 Å². The number of esters is 1. The molecule has 0 bridgehead atoms. The van der Waals surface area contributed by atoms with E-state index in [4.69, 9.17) is 4.74 Å². The van der Waals surface area contributed by atoms with E-state index in [0.29, 0.717) is 5.69 Å².